The van der Waals surface area contributed by atoms with Crippen LogP contribution >= 0.6 is 0 Å². The zero-order valence-electron chi connectivity index (χ0n) is 21.4. The first-order valence-electron chi connectivity index (χ1n) is 13.4. The van der Waals surface area contributed by atoms with Crippen molar-refractivity contribution < 1.29 is 10.2 Å². The molecule has 0 spiro atoms. The summed E-state index contributed by atoms with van der Waals surface area (Å²) in [5, 5.41) is 24.5. The van der Waals surface area contributed by atoms with E-state index in [-0.39, 0.29) is 13.2 Å². The van der Waals surface area contributed by atoms with Crippen LogP contribution in [0.4, 0.5) is 5.82 Å². The van der Waals surface area contributed by atoms with Crippen molar-refractivity contribution in [3.63, 3.8) is 0 Å². The Morgan fingerprint density at radius 3 is 2.39 bits per heavy atom. The molecule has 2 fully saturated rings. The van der Waals surface area contributed by atoms with E-state index in [1.807, 2.05) is 12.1 Å². The molecule has 0 saturated carbocycles. The van der Waals surface area contributed by atoms with E-state index in [2.05, 4.69) is 52.5 Å². The van der Waals surface area contributed by atoms with Gasteiger partial charge in [-0.05, 0) is 81.1 Å². The van der Waals surface area contributed by atoms with Crippen molar-refractivity contribution in [3.8, 4) is 0 Å². The van der Waals surface area contributed by atoms with Gasteiger partial charge in [-0.3, -0.25) is 4.90 Å². The van der Waals surface area contributed by atoms with E-state index in [0.29, 0.717) is 12.0 Å². The van der Waals surface area contributed by atoms with Crippen LogP contribution in [0.2, 0.25) is 0 Å². The third-order valence-corrected chi connectivity index (χ3v) is 7.87. The molecule has 0 bridgehead atoms. The summed E-state index contributed by atoms with van der Waals surface area (Å²) in [4.78, 5) is 15.0. The molecule has 1 aromatic heterocycles. The molecule has 192 valence electrons. The third-order valence-electron chi connectivity index (χ3n) is 7.87. The monoisotopic (exact) mass is 489 g/mol. The van der Waals surface area contributed by atoms with Gasteiger partial charge in [0.15, 0.2) is 0 Å². The number of benzene rings is 2. The molecule has 2 aliphatic heterocycles. The molecular weight excluding hydrogens is 450 g/mol. The van der Waals surface area contributed by atoms with E-state index >= 15 is 0 Å². The van der Waals surface area contributed by atoms with Gasteiger partial charge in [0.2, 0.25) is 0 Å². The number of hydrogen-bond acceptors (Lipinski definition) is 7. The molecular formula is C29H39N5O2. The number of rotatable bonds is 7. The lowest BCUT2D eigenvalue weighted by Crippen LogP contribution is -2.38. The van der Waals surface area contributed by atoms with Crippen LogP contribution in [-0.4, -0.2) is 69.2 Å². The number of nitrogens with zero attached hydrogens (tertiary/aromatic N) is 4. The summed E-state index contributed by atoms with van der Waals surface area (Å²) >= 11 is 0. The molecule has 2 saturated heterocycles. The Morgan fingerprint density at radius 1 is 0.889 bits per heavy atom. The standard InChI is InChI=1S/C29H39N5O2/c1-33-12-5-8-22(9-13-33)28-31-27-17-24(20-36)23(19-35)16-26(27)29(32-28)30-25-10-14-34(15-11-25)18-21-6-3-2-4-7-21/h2-4,6-7,16-17,22,25,35-36H,5,8-15,18-20H2,1H3,(H,30,31,32). The van der Waals surface area contributed by atoms with Crippen LogP contribution in [0.5, 0.6) is 0 Å². The Bertz CT molecular complexity index is 1150. The molecule has 0 aliphatic carbocycles. The fraction of sp³-hybridized carbons (Fsp3) is 0.517. The predicted octanol–water partition coefficient (Wildman–Crippen LogP) is 3.89. The van der Waals surface area contributed by atoms with E-state index in [9.17, 15) is 10.2 Å². The summed E-state index contributed by atoms with van der Waals surface area (Å²) in [6.45, 7) is 5.04. The van der Waals surface area contributed by atoms with E-state index in [1.165, 1.54) is 5.56 Å². The summed E-state index contributed by atoms with van der Waals surface area (Å²) in [6, 6.07) is 14.9. The molecule has 3 heterocycles. The van der Waals surface area contributed by atoms with E-state index in [1.54, 1.807) is 0 Å². The lowest BCUT2D eigenvalue weighted by Gasteiger charge is -2.33. The molecule has 1 unspecified atom stereocenters. The number of anilines is 1. The molecule has 0 radical (unpaired) electrons. The van der Waals surface area contributed by atoms with Crippen molar-refractivity contribution in [2.75, 3.05) is 38.5 Å². The van der Waals surface area contributed by atoms with Gasteiger partial charge in [-0.2, -0.15) is 0 Å². The average Bonchev–Trinajstić information content (AvgIpc) is 3.14. The van der Waals surface area contributed by atoms with Gasteiger partial charge in [0.1, 0.15) is 11.6 Å². The number of aliphatic hydroxyl groups excluding tert-OH is 2. The topological polar surface area (TPSA) is 84.8 Å². The summed E-state index contributed by atoms with van der Waals surface area (Å²) in [7, 11) is 2.19. The van der Waals surface area contributed by atoms with Gasteiger partial charge in [-0.25, -0.2) is 9.97 Å². The first-order valence-corrected chi connectivity index (χ1v) is 13.4. The van der Waals surface area contributed by atoms with Gasteiger partial charge < -0.3 is 20.4 Å². The smallest absolute Gasteiger partial charge is 0.137 e. The summed E-state index contributed by atoms with van der Waals surface area (Å²) < 4.78 is 0. The van der Waals surface area contributed by atoms with E-state index in [4.69, 9.17) is 9.97 Å². The lowest BCUT2D eigenvalue weighted by atomic mass is 9.98. The second-order valence-electron chi connectivity index (χ2n) is 10.5. The number of aliphatic hydroxyl groups is 2. The van der Waals surface area contributed by atoms with Crippen molar-refractivity contribution in [1.29, 1.82) is 0 Å². The van der Waals surface area contributed by atoms with Crippen LogP contribution in [0.3, 0.4) is 0 Å². The number of likely N-dealkylation sites (tertiary alicyclic amines) is 2. The van der Waals surface area contributed by atoms with Crippen LogP contribution in [0.1, 0.15) is 60.5 Å². The highest BCUT2D eigenvalue weighted by Crippen LogP contribution is 2.32. The normalized spacial score (nSPS) is 20.5. The number of piperidine rings is 1. The highest BCUT2D eigenvalue weighted by molar-refractivity contribution is 5.90. The van der Waals surface area contributed by atoms with E-state index < -0.39 is 0 Å². The number of aromatic nitrogens is 2. The number of hydrogen-bond donors (Lipinski definition) is 3. The first-order chi connectivity index (χ1) is 17.6. The maximum atomic E-state index is 9.90. The second kappa shape index (κ2) is 11.6. The van der Waals surface area contributed by atoms with Crippen molar-refractivity contribution in [3.05, 3.63) is 65.0 Å². The number of fused-ring (bicyclic) bond motifs is 1. The summed E-state index contributed by atoms with van der Waals surface area (Å²) in [6.07, 6.45) is 5.42. The first kappa shape index (κ1) is 25.1. The summed E-state index contributed by atoms with van der Waals surface area (Å²) in [5.41, 5.74) is 3.68. The Kier molecular flexibility index (Phi) is 8.12. The van der Waals surface area contributed by atoms with Crippen LogP contribution in [-0.2, 0) is 19.8 Å². The molecule has 3 N–H and O–H groups in total. The molecule has 0 amide bonds. The molecule has 3 aromatic rings. The van der Waals surface area contributed by atoms with Gasteiger partial charge >= 0.3 is 0 Å². The minimum absolute atomic E-state index is 0.109. The molecule has 5 rings (SSSR count). The zero-order chi connectivity index (χ0) is 24.9. The SMILES string of the molecule is CN1CCCC(c2nc(NC3CCN(Cc4ccccc4)CC3)c3cc(CO)c(CO)cc3n2)CC1. The van der Waals surface area contributed by atoms with Gasteiger partial charge in [-0.15, -0.1) is 0 Å². The average molecular weight is 490 g/mol. The highest BCUT2D eigenvalue weighted by Gasteiger charge is 2.24. The Balaban J connectivity index is 1.38. The molecule has 7 heteroatoms. The van der Waals surface area contributed by atoms with Crippen molar-refractivity contribution in [1.82, 2.24) is 19.8 Å². The summed E-state index contributed by atoms with van der Waals surface area (Å²) in [5.74, 6) is 2.11. The lowest BCUT2D eigenvalue weighted by molar-refractivity contribution is 0.211. The van der Waals surface area contributed by atoms with Crippen LogP contribution in [0.25, 0.3) is 10.9 Å². The largest absolute Gasteiger partial charge is 0.392 e. The minimum Gasteiger partial charge on any atom is -0.392 e. The Morgan fingerprint density at radius 2 is 1.64 bits per heavy atom. The molecule has 2 aliphatic rings. The minimum atomic E-state index is -0.111. The number of nitrogens with one attached hydrogen (secondary N) is 1. The maximum Gasteiger partial charge on any atom is 0.137 e. The highest BCUT2D eigenvalue weighted by atomic mass is 16.3. The van der Waals surface area contributed by atoms with Gasteiger partial charge in [0.05, 0.1) is 18.7 Å². The van der Waals surface area contributed by atoms with Crippen LogP contribution < -0.4 is 5.32 Å². The van der Waals surface area contributed by atoms with E-state index in [0.717, 1.165) is 98.5 Å². The van der Waals surface area contributed by atoms with Gasteiger partial charge in [0.25, 0.3) is 0 Å². The van der Waals surface area contributed by atoms with Crippen molar-refractivity contribution in [2.45, 2.75) is 63.8 Å². The van der Waals surface area contributed by atoms with Crippen molar-refractivity contribution in [2.24, 2.45) is 0 Å². The predicted molar refractivity (Wildman–Crippen MR) is 144 cm³/mol. The van der Waals surface area contributed by atoms with Crippen molar-refractivity contribution >= 4 is 16.7 Å². The molecule has 2 aromatic carbocycles. The molecule has 7 nitrogen and oxygen atoms in total. The van der Waals surface area contributed by atoms with Crippen LogP contribution in [0.15, 0.2) is 42.5 Å². The van der Waals surface area contributed by atoms with Gasteiger partial charge in [0, 0.05) is 37.0 Å². The molecule has 36 heavy (non-hydrogen) atoms. The molecule has 1 atom stereocenters. The van der Waals surface area contributed by atoms with Crippen LogP contribution in [0, 0.1) is 0 Å². The maximum absolute atomic E-state index is 9.90. The fourth-order valence-corrected chi connectivity index (χ4v) is 5.64. The Labute approximate surface area is 214 Å². The zero-order valence-corrected chi connectivity index (χ0v) is 21.4. The fourth-order valence-electron chi connectivity index (χ4n) is 5.64. The second-order valence-corrected chi connectivity index (χ2v) is 10.5. The van der Waals surface area contributed by atoms with Gasteiger partial charge in [-0.1, -0.05) is 30.3 Å². The quantitative estimate of drug-likeness (QED) is 0.464. The third kappa shape index (κ3) is 5.86. The Hall–Kier alpha value is -2.58.